The van der Waals surface area contributed by atoms with Gasteiger partial charge in [-0.3, -0.25) is 5.84 Å². The number of benzene rings is 1. The minimum atomic E-state index is 0.670. The van der Waals surface area contributed by atoms with Crippen molar-refractivity contribution in [2.45, 2.75) is 6.92 Å². The molecule has 0 atom stereocenters. The Labute approximate surface area is 65.6 Å². The Morgan fingerprint density at radius 2 is 2.27 bits per heavy atom. The van der Waals surface area contributed by atoms with Crippen LogP contribution in [0, 0.1) is 13.5 Å². The van der Waals surface area contributed by atoms with Crippen LogP contribution in [-0.4, -0.2) is 0 Å². The Morgan fingerprint density at radius 3 is 2.73 bits per heavy atom. The first-order valence-electron chi connectivity index (χ1n) is 3.22. The van der Waals surface area contributed by atoms with Gasteiger partial charge in [-0.1, -0.05) is 6.07 Å². The van der Waals surface area contributed by atoms with Crippen LogP contribution in [0.25, 0.3) is 4.85 Å². The molecule has 11 heavy (non-hydrogen) atoms. The third kappa shape index (κ3) is 1.48. The van der Waals surface area contributed by atoms with E-state index in [1.807, 2.05) is 13.0 Å². The van der Waals surface area contributed by atoms with E-state index in [0.29, 0.717) is 5.69 Å². The predicted molar refractivity (Wildman–Crippen MR) is 45.3 cm³/mol. The second-order valence-electron chi connectivity index (χ2n) is 2.26. The van der Waals surface area contributed by atoms with Crippen molar-refractivity contribution < 1.29 is 0 Å². The molecule has 0 saturated carbocycles. The maximum atomic E-state index is 6.79. The van der Waals surface area contributed by atoms with E-state index in [4.69, 9.17) is 12.4 Å². The van der Waals surface area contributed by atoms with E-state index in [2.05, 4.69) is 10.3 Å². The first-order chi connectivity index (χ1) is 5.27. The molecule has 0 aromatic heterocycles. The zero-order valence-corrected chi connectivity index (χ0v) is 6.26. The van der Waals surface area contributed by atoms with Crippen LogP contribution < -0.4 is 11.3 Å². The van der Waals surface area contributed by atoms with Crippen LogP contribution in [0.4, 0.5) is 11.4 Å². The molecule has 1 aromatic rings. The molecule has 1 aromatic carbocycles. The Kier molecular flexibility index (Phi) is 2.09. The number of nitrogens with one attached hydrogen (secondary N) is 1. The molecule has 0 saturated heterocycles. The van der Waals surface area contributed by atoms with Crippen molar-refractivity contribution in [2.24, 2.45) is 5.84 Å². The van der Waals surface area contributed by atoms with Gasteiger partial charge in [0.25, 0.3) is 0 Å². The molecule has 0 aliphatic heterocycles. The fourth-order valence-electron chi connectivity index (χ4n) is 0.871. The van der Waals surface area contributed by atoms with Crippen LogP contribution in [0.5, 0.6) is 0 Å². The zero-order chi connectivity index (χ0) is 8.27. The molecular weight excluding hydrogens is 138 g/mol. The summed E-state index contributed by atoms with van der Waals surface area (Å²) < 4.78 is 0. The summed E-state index contributed by atoms with van der Waals surface area (Å²) in [5.41, 5.74) is 4.96. The fraction of sp³-hybridized carbons (Fsp3) is 0.125. The Bertz CT molecular complexity index is 299. The summed E-state index contributed by atoms with van der Waals surface area (Å²) in [5, 5.41) is 0. The number of hydrogen-bond acceptors (Lipinski definition) is 2. The molecule has 0 spiro atoms. The normalized spacial score (nSPS) is 8.82. The molecule has 1 rings (SSSR count). The predicted octanol–water partition coefficient (Wildman–Crippen LogP) is 1.83. The monoisotopic (exact) mass is 147 g/mol. The van der Waals surface area contributed by atoms with Crippen molar-refractivity contribution in [2.75, 3.05) is 5.43 Å². The van der Waals surface area contributed by atoms with Gasteiger partial charge >= 0.3 is 0 Å². The van der Waals surface area contributed by atoms with Crippen molar-refractivity contribution in [1.82, 2.24) is 0 Å². The van der Waals surface area contributed by atoms with Crippen molar-refractivity contribution in [3.8, 4) is 0 Å². The largest absolute Gasteiger partial charge is 0.324 e. The molecule has 0 heterocycles. The molecule has 56 valence electrons. The third-order valence-electron chi connectivity index (χ3n) is 1.48. The van der Waals surface area contributed by atoms with Crippen LogP contribution in [0.1, 0.15) is 5.56 Å². The van der Waals surface area contributed by atoms with Crippen molar-refractivity contribution in [1.29, 1.82) is 0 Å². The van der Waals surface area contributed by atoms with Crippen molar-refractivity contribution in [3.05, 3.63) is 35.2 Å². The highest BCUT2D eigenvalue weighted by Gasteiger charge is 1.96. The van der Waals surface area contributed by atoms with Gasteiger partial charge in [-0.05, 0) is 24.6 Å². The van der Waals surface area contributed by atoms with Gasteiger partial charge in [0.15, 0.2) is 5.69 Å². The SMILES string of the molecule is [C-]#[N+]c1ccc(NN)cc1C. The van der Waals surface area contributed by atoms with E-state index in [0.717, 1.165) is 11.3 Å². The standard InChI is InChI=1S/C8H9N3/c1-6-5-7(11-9)3-4-8(6)10-2/h3-5,11H,9H2,1H3. The second kappa shape index (κ2) is 3.04. The first-order valence-corrected chi connectivity index (χ1v) is 3.22. The highest BCUT2D eigenvalue weighted by molar-refractivity contribution is 5.59. The molecule has 0 aliphatic rings. The van der Waals surface area contributed by atoms with Crippen molar-refractivity contribution >= 4 is 11.4 Å². The van der Waals surface area contributed by atoms with Gasteiger partial charge in [-0.25, -0.2) is 4.85 Å². The lowest BCUT2D eigenvalue weighted by Crippen LogP contribution is -2.06. The van der Waals surface area contributed by atoms with E-state index >= 15 is 0 Å². The van der Waals surface area contributed by atoms with Gasteiger partial charge in [-0.2, -0.15) is 0 Å². The Hall–Kier alpha value is -1.53. The van der Waals surface area contributed by atoms with Crippen LogP contribution >= 0.6 is 0 Å². The van der Waals surface area contributed by atoms with Crippen molar-refractivity contribution in [3.63, 3.8) is 0 Å². The number of nitrogens with zero attached hydrogens (tertiary/aromatic N) is 1. The summed E-state index contributed by atoms with van der Waals surface area (Å²) in [6.45, 7) is 8.67. The van der Waals surface area contributed by atoms with E-state index < -0.39 is 0 Å². The number of rotatable bonds is 1. The zero-order valence-electron chi connectivity index (χ0n) is 6.26. The second-order valence-corrected chi connectivity index (χ2v) is 2.26. The molecule has 3 nitrogen and oxygen atoms in total. The molecule has 3 heteroatoms. The number of anilines is 1. The maximum Gasteiger partial charge on any atom is 0.190 e. The Balaban J connectivity index is 3.12. The highest BCUT2D eigenvalue weighted by atomic mass is 15.2. The molecule has 0 unspecified atom stereocenters. The number of hydrazine groups is 1. The summed E-state index contributed by atoms with van der Waals surface area (Å²) >= 11 is 0. The summed E-state index contributed by atoms with van der Waals surface area (Å²) in [5.74, 6) is 5.18. The van der Waals surface area contributed by atoms with Crippen LogP contribution in [0.3, 0.4) is 0 Å². The van der Waals surface area contributed by atoms with E-state index in [-0.39, 0.29) is 0 Å². The minimum absolute atomic E-state index is 0.670. The average molecular weight is 147 g/mol. The summed E-state index contributed by atoms with van der Waals surface area (Å²) in [6, 6.07) is 5.37. The fourth-order valence-corrected chi connectivity index (χ4v) is 0.871. The van der Waals surface area contributed by atoms with Crippen LogP contribution in [0.2, 0.25) is 0 Å². The lowest BCUT2D eigenvalue weighted by Gasteiger charge is -2.01. The molecule has 0 aliphatic carbocycles. The smallest absolute Gasteiger partial charge is 0.190 e. The van der Waals surface area contributed by atoms with Gasteiger partial charge in [0, 0.05) is 5.69 Å². The van der Waals surface area contributed by atoms with E-state index in [1.54, 1.807) is 12.1 Å². The third-order valence-corrected chi connectivity index (χ3v) is 1.48. The number of aryl methyl sites for hydroxylation is 1. The average Bonchev–Trinajstić information content (AvgIpc) is 2.04. The molecule has 0 bridgehead atoms. The van der Waals surface area contributed by atoms with Crippen LogP contribution in [0.15, 0.2) is 18.2 Å². The molecule has 3 N–H and O–H groups in total. The quantitative estimate of drug-likeness (QED) is 0.361. The summed E-state index contributed by atoms with van der Waals surface area (Å²) in [4.78, 5) is 3.33. The first kappa shape index (κ1) is 7.58. The Morgan fingerprint density at radius 1 is 1.55 bits per heavy atom. The minimum Gasteiger partial charge on any atom is -0.324 e. The molecule has 0 amide bonds. The molecule has 0 radical (unpaired) electrons. The lowest BCUT2D eigenvalue weighted by atomic mass is 10.2. The van der Waals surface area contributed by atoms with Gasteiger partial charge in [0.1, 0.15) is 0 Å². The highest BCUT2D eigenvalue weighted by Crippen LogP contribution is 2.21. The lowest BCUT2D eigenvalue weighted by molar-refractivity contribution is 1.34. The molecule has 0 fully saturated rings. The van der Waals surface area contributed by atoms with Crippen LogP contribution in [-0.2, 0) is 0 Å². The van der Waals surface area contributed by atoms with Gasteiger partial charge in [0.2, 0.25) is 0 Å². The summed E-state index contributed by atoms with van der Waals surface area (Å²) in [7, 11) is 0. The van der Waals surface area contributed by atoms with Gasteiger partial charge in [-0.15, -0.1) is 0 Å². The van der Waals surface area contributed by atoms with Gasteiger partial charge in [0.05, 0.1) is 6.57 Å². The van der Waals surface area contributed by atoms with Gasteiger partial charge < -0.3 is 5.43 Å². The van der Waals surface area contributed by atoms with E-state index in [9.17, 15) is 0 Å². The van der Waals surface area contributed by atoms with E-state index in [1.165, 1.54) is 0 Å². The topological polar surface area (TPSA) is 42.4 Å². The summed E-state index contributed by atoms with van der Waals surface area (Å²) in [6.07, 6.45) is 0. The number of nitrogens with two attached hydrogens (primary N) is 1. The number of nitrogen functional groups attached to an aromatic ring is 1. The maximum absolute atomic E-state index is 6.79. The number of hydrogen-bond donors (Lipinski definition) is 2. The molecular formula is C8H9N3.